The van der Waals surface area contributed by atoms with E-state index in [4.69, 9.17) is 11.0 Å². The molecular formula is C8H8N4. The van der Waals surface area contributed by atoms with Crippen LogP contribution in [0.15, 0.2) is 6.20 Å². The lowest BCUT2D eigenvalue weighted by molar-refractivity contribution is 1.03. The van der Waals surface area contributed by atoms with E-state index >= 15 is 0 Å². The minimum absolute atomic E-state index is 0.402. The van der Waals surface area contributed by atoms with Crippen molar-refractivity contribution in [1.29, 1.82) is 5.26 Å². The van der Waals surface area contributed by atoms with E-state index in [1.54, 1.807) is 0 Å². The molecular weight excluding hydrogens is 152 g/mol. The van der Waals surface area contributed by atoms with Crippen LogP contribution in [0.25, 0.3) is 0 Å². The molecule has 0 spiro atoms. The van der Waals surface area contributed by atoms with Gasteiger partial charge in [-0.05, 0) is 0 Å². The zero-order valence-corrected chi connectivity index (χ0v) is 6.46. The van der Waals surface area contributed by atoms with Crippen LogP contribution in [0.3, 0.4) is 0 Å². The molecule has 0 amide bonds. The predicted octanol–water partition coefficient (Wildman–Crippen LogP) is -0.0183. The first kappa shape index (κ1) is 8.32. The van der Waals surface area contributed by atoms with E-state index in [2.05, 4.69) is 22.0 Å². The number of H-pyrrole nitrogens is 1. The highest BCUT2D eigenvalue weighted by molar-refractivity contribution is 5.42. The molecule has 1 heterocycles. The number of nitrogens with two attached hydrogens (primary N) is 1. The lowest BCUT2D eigenvalue weighted by Crippen LogP contribution is -1.95. The lowest BCUT2D eigenvalue weighted by Gasteiger charge is -1.80. The summed E-state index contributed by atoms with van der Waals surface area (Å²) in [6.45, 7) is 0.534. The summed E-state index contributed by atoms with van der Waals surface area (Å²) in [7, 11) is 0. The zero-order valence-electron chi connectivity index (χ0n) is 6.46. The van der Waals surface area contributed by atoms with E-state index in [1.807, 2.05) is 6.07 Å². The molecule has 0 aliphatic carbocycles. The van der Waals surface area contributed by atoms with E-state index in [0.717, 1.165) is 0 Å². The van der Waals surface area contributed by atoms with Crippen molar-refractivity contribution < 1.29 is 0 Å². The minimum Gasteiger partial charge on any atom is -0.330 e. The summed E-state index contributed by atoms with van der Waals surface area (Å²) in [4.78, 5) is 0. The maximum absolute atomic E-state index is 8.55. The van der Waals surface area contributed by atoms with Crippen molar-refractivity contribution in [3.05, 3.63) is 17.5 Å². The Morgan fingerprint density at radius 2 is 2.50 bits per heavy atom. The fraction of sp³-hybridized carbons (Fsp3) is 0.250. The molecule has 0 atom stereocenters. The summed E-state index contributed by atoms with van der Waals surface area (Å²) >= 11 is 0. The summed E-state index contributed by atoms with van der Waals surface area (Å²) < 4.78 is 0. The fourth-order valence-corrected chi connectivity index (χ4v) is 0.696. The van der Waals surface area contributed by atoms with Crippen LogP contribution in [0.5, 0.6) is 0 Å². The second kappa shape index (κ2) is 4.17. The van der Waals surface area contributed by atoms with Gasteiger partial charge in [0.25, 0.3) is 0 Å². The Balaban J connectivity index is 2.78. The number of hydrogen-bond acceptors (Lipinski definition) is 3. The van der Waals surface area contributed by atoms with Crippen molar-refractivity contribution in [1.82, 2.24) is 10.2 Å². The van der Waals surface area contributed by atoms with Gasteiger partial charge in [0.15, 0.2) is 5.69 Å². The fourth-order valence-electron chi connectivity index (χ4n) is 0.696. The number of aromatic nitrogens is 2. The Bertz CT molecular complexity index is 347. The number of hydrogen-bond donors (Lipinski definition) is 2. The monoisotopic (exact) mass is 160 g/mol. The topological polar surface area (TPSA) is 78.5 Å². The Labute approximate surface area is 70.4 Å². The Morgan fingerprint density at radius 1 is 1.67 bits per heavy atom. The molecule has 4 heteroatoms. The van der Waals surface area contributed by atoms with Crippen LogP contribution in [0.4, 0.5) is 0 Å². The molecule has 0 saturated carbocycles. The number of nitrogens with one attached hydrogen (secondary N) is 1. The summed E-state index contributed by atoms with van der Waals surface area (Å²) in [6, 6.07) is 1.95. The molecule has 4 nitrogen and oxygen atoms in total. The molecule has 1 aromatic heterocycles. The van der Waals surface area contributed by atoms with Gasteiger partial charge in [-0.25, -0.2) is 0 Å². The molecule has 60 valence electrons. The van der Waals surface area contributed by atoms with Gasteiger partial charge in [0, 0.05) is 13.0 Å². The van der Waals surface area contributed by atoms with E-state index in [1.165, 1.54) is 6.20 Å². The van der Waals surface area contributed by atoms with Gasteiger partial charge in [-0.15, -0.1) is 0 Å². The number of nitrogens with zero attached hydrogens (tertiary/aromatic N) is 2. The third kappa shape index (κ3) is 1.85. The molecule has 0 unspecified atom stereocenters. The summed E-state index contributed by atoms with van der Waals surface area (Å²) in [5.41, 5.74) is 6.28. The highest BCUT2D eigenvalue weighted by Crippen LogP contribution is 1.99. The van der Waals surface area contributed by atoms with Crippen molar-refractivity contribution >= 4 is 0 Å². The molecule has 0 radical (unpaired) electrons. The molecule has 1 rings (SSSR count). The minimum atomic E-state index is 0.402. The maximum atomic E-state index is 8.55. The van der Waals surface area contributed by atoms with Crippen molar-refractivity contribution in [3.8, 4) is 17.9 Å². The van der Waals surface area contributed by atoms with Gasteiger partial charge in [-0.1, -0.05) is 11.8 Å². The van der Waals surface area contributed by atoms with Crippen LogP contribution >= 0.6 is 0 Å². The standard InChI is InChI=1S/C8H8N4/c9-4-2-1-3-7-6-11-12-8(7)5-10/h6H,2,4,9H2,(H,11,12). The Hall–Kier alpha value is -1.78. The summed E-state index contributed by atoms with van der Waals surface area (Å²) in [5, 5.41) is 14.8. The highest BCUT2D eigenvalue weighted by Gasteiger charge is 1.98. The van der Waals surface area contributed by atoms with Crippen LogP contribution in [-0.4, -0.2) is 16.7 Å². The molecule has 0 aliphatic rings. The molecule has 3 N–H and O–H groups in total. The Morgan fingerprint density at radius 3 is 3.17 bits per heavy atom. The first-order valence-corrected chi connectivity index (χ1v) is 3.51. The van der Waals surface area contributed by atoms with Gasteiger partial charge in [0.1, 0.15) is 6.07 Å². The normalized spacial score (nSPS) is 8.33. The highest BCUT2D eigenvalue weighted by atomic mass is 15.1. The van der Waals surface area contributed by atoms with Crippen LogP contribution in [0, 0.1) is 23.2 Å². The zero-order chi connectivity index (χ0) is 8.81. The molecule has 0 fully saturated rings. The average Bonchev–Trinajstić information content (AvgIpc) is 2.52. The largest absolute Gasteiger partial charge is 0.330 e. The molecule has 12 heavy (non-hydrogen) atoms. The van der Waals surface area contributed by atoms with Crippen molar-refractivity contribution in [3.63, 3.8) is 0 Å². The molecule has 0 aliphatic heterocycles. The third-order valence-corrected chi connectivity index (χ3v) is 1.24. The summed E-state index contributed by atoms with van der Waals surface area (Å²) in [5.74, 6) is 5.62. The quantitative estimate of drug-likeness (QED) is 0.567. The van der Waals surface area contributed by atoms with E-state index in [0.29, 0.717) is 24.2 Å². The lowest BCUT2D eigenvalue weighted by atomic mass is 10.2. The van der Waals surface area contributed by atoms with E-state index in [-0.39, 0.29) is 0 Å². The van der Waals surface area contributed by atoms with Gasteiger partial charge >= 0.3 is 0 Å². The van der Waals surface area contributed by atoms with Crippen molar-refractivity contribution in [2.24, 2.45) is 5.73 Å². The van der Waals surface area contributed by atoms with Crippen molar-refractivity contribution in [2.45, 2.75) is 6.42 Å². The van der Waals surface area contributed by atoms with E-state index in [9.17, 15) is 0 Å². The van der Waals surface area contributed by atoms with Gasteiger partial charge in [0.05, 0.1) is 11.8 Å². The van der Waals surface area contributed by atoms with Crippen molar-refractivity contribution in [2.75, 3.05) is 6.54 Å². The van der Waals surface area contributed by atoms with Crippen LogP contribution in [-0.2, 0) is 0 Å². The average molecular weight is 160 g/mol. The molecule has 0 aromatic carbocycles. The number of rotatable bonds is 1. The van der Waals surface area contributed by atoms with Gasteiger partial charge in [0.2, 0.25) is 0 Å². The number of aromatic amines is 1. The van der Waals surface area contributed by atoms with Crippen LogP contribution in [0.1, 0.15) is 17.7 Å². The second-order valence-corrected chi connectivity index (χ2v) is 2.11. The first-order chi connectivity index (χ1) is 5.88. The first-order valence-electron chi connectivity index (χ1n) is 3.51. The van der Waals surface area contributed by atoms with Crippen LogP contribution in [0.2, 0.25) is 0 Å². The van der Waals surface area contributed by atoms with Gasteiger partial charge in [-0.2, -0.15) is 10.4 Å². The predicted molar refractivity (Wildman–Crippen MR) is 43.9 cm³/mol. The summed E-state index contributed by atoms with van der Waals surface area (Å²) in [6.07, 6.45) is 2.16. The van der Waals surface area contributed by atoms with Gasteiger partial charge in [-0.3, -0.25) is 5.10 Å². The van der Waals surface area contributed by atoms with E-state index < -0.39 is 0 Å². The molecule has 1 aromatic rings. The third-order valence-electron chi connectivity index (χ3n) is 1.24. The second-order valence-electron chi connectivity index (χ2n) is 2.11. The Kier molecular flexibility index (Phi) is 2.89. The van der Waals surface area contributed by atoms with Gasteiger partial charge < -0.3 is 5.73 Å². The van der Waals surface area contributed by atoms with Crippen LogP contribution < -0.4 is 5.73 Å². The molecule has 0 saturated heterocycles. The SMILES string of the molecule is N#Cc1[nH]ncc1C#CCCN. The maximum Gasteiger partial charge on any atom is 0.151 e. The number of nitriles is 1. The molecule has 0 bridgehead atoms. The smallest absolute Gasteiger partial charge is 0.151 e.